The van der Waals surface area contributed by atoms with Crippen molar-refractivity contribution in [3.63, 3.8) is 0 Å². The van der Waals surface area contributed by atoms with Gasteiger partial charge < -0.3 is 0 Å². The maximum Gasteiger partial charge on any atom is 0.134 e. The highest BCUT2D eigenvalue weighted by Gasteiger charge is 2.28. The average Bonchev–Trinajstić information content (AvgIpc) is 2.65. The molecule has 0 saturated heterocycles. The Hall–Kier alpha value is -2.22. The predicted molar refractivity (Wildman–Crippen MR) is 123 cm³/mol. The lowest BCUT2D eigenvalue weighted by Gasteiger charge is -2.29. The Kier molecular flexibility index (Phi) is 4.42. The molecule has 152 valence electrons. The maximum atomic E-state index is 5.06. The summed E-state index contributed by atoms with van der Waals surface area (Å²) in [6.07, 6.45) is 1.88. The number of hydrogen-bond acceptors (Lipinski definition) is 2. The fraction of sp³-hybridized carbons (Fsp3) is 0.481. The summed E-state index contributed by atoms with van der Waals surface area (Å²) < 4.78 is 0. The largest absolute Gasteiger partial charge is 0.237 e. The topological polar surface area (TPSA) is 25.8 Å². The first-order valence-corrected chi connectivity index (χ1v) is 10.8. The van der Waals surface area contributed by atoms with Gasteiger partial charge in [0.05, 0.1) is 5.69 Å². The highest BCUT2D eigenvalue weighted by atomic mass is 14.9. The number of aromatic nitrogens is 2. The summed E-state index contributed by atoms with van der Waals surface area (Å²) in [6.45, 7) is 22.5. The standard InChI is InChI=1S/C27H34N2/c1-13-14(2)16(4)25-18(6)21-12-23-22(11-20(21)17(5)24(25)15(13)3)19(7)28-26(29-23)27(8,9)10/h11-12H2,1-10H3. The van der Waals surface area contributed by atoms with Crippen molar-refractivity contribution in [3.05, 3.63) is 67.3 Å². The minimum atomic E-state index is -0.0310. The van der Waals surface area contributed by atoms with Gasteiger partial charge in [-0.05, 0) is 109 Å². The van der Waals surface area contributed by atoms with Crippen LogP contribution in [0.3, 0.4) is 0 Å². The van der Waals surface area contributed by atoms with Gasteiger partial charge >= 0.3 is 0 Å². The van der Waals surface area contributed by atoms with Gasteiger partial charge in [-0.1, -0.05) is 20.8 Å². The molecular weight excluding hydrogens is 352 g/mol. The molecule has 2 aromatic carbocycles. The molecule has 1 heterocycles. The van der Waals surface area contributed by atoms with Gasteiger partial charge in [0.1, 0.15) is 5.82 Å². The van der Waals surface area contributed by atoms with Crippen molar-refractivity contribution in [3.8, 4) is 0 Å². The van der Waals surface area contributed by atoms with Gasteiger partial charge in [0.15, 0.2) is 0 Å². The lowest BCUT2D eigenvalue weighted by molar-refractivity contribution is 0.537. The molecule has 2 heteroatoms. The highest BCUT2D eigenvalue weighted by molar-refractivity contribution is 5.97. The van der Waals surface area contributed by atoms with Crippen LogP contribution in [0.5, 0.6) is 0 Å². The van der Waals surface area contributed by atoms with Crippen LogP contribution < -0.4 is 0 Å². The molecule has 0 amide bonds. The van der Waals surface area contributed by atoms with Crippen molar-refractivity contribution in [2.45, 2.75) is 87.5 Å². The maximum absolute atomic E-state index is 5.06. The first kappa shape index (κ1) is 20.1. The van der Waals surface area contributed by atoms with E-state index in [0.29, 0.717) is 0 Å². The summed E-state index contributed by atoms with van der Waals surface area (Å²) >= 11 is 0. The molecule has 0 radical (unpaired) electrons. The molecular formula is C27H34N2. The number of rotatable bonds is 0. The van der Waals surface area contributed by atoms with Gasteiger partial charge in [0.25, 0.3) is 0 Å². The van der Waals surface area contributed by atoms with Crippen LogP contribution in [0, 0.1) is 48.5 Å². The predicted octanol–water partition coefficient (Wildman–Crippen LogP) is 6.58. The summed E-state index contributed by atoms with van der Waals surface area (Å²) in [5.41, 5.74) is 15.3. The summed E-state index contributed by atoms with van der Waals surface area (Å²) in [6, 6.07) is 0. The first-order valence-electron chi connectivity index (χ1n) is 10.8. The molecule has 1 aliphatic carbocycles. The van der Waals surface area contributed by atoms with E-state index in [1.165, 1.54) is 66.5 Å². The monoisotopic (exact) mass is 386 g/mol. The van der Waals surface area contributed by atoms with Gasteiger partial charge in [-0.2, -0.15) is 0 Å². The fourth-order valence-corrected chi connectivity index (χ4v) is 5.19. The van der Waals surface area contributed by atoms with Crippen molar-refractivity contribution >= 4 is 10.8 Å². The van der Waals surface area contributed by atoms with Crippen molar-refractivity contribution in [2.24, 2.45) is 0 Å². The van der Waals surface area contributed by atoms with Crippen molar-refractivity contribution in [2.75, 3.05) is 0 Å². The van der Waals surface area contributed by atoms with Crippen LogP contribution in [-0.2, 0) is 18.3 Å². The minimum Gasteiger partial charge on any atom is -0.237 e. The van der Waals surface area contributed by atoms with Gasteiger partial charge in [0, 0.05) is 24.0 Å². The molecule has 0 atom stereocenters. The first-order chi connectivity index (χ1) is 13.4. The van der Waals surface area contributed by atoms with Crippen LogP contribution >= 0.6 is 0 Å². The smallest absolute Gasteiger partial charge is 0.134 e. The Bertz CT molecular complexity index is 1190. The number of benzene rings is 2. The summed E-state index contributed by atoms with van der Waals surface area (Å²) in [7, 11) is 0. The molecule has 0 saturated carbocycles. The third-order valence-electron chi connectivity index (χ3n) is 7.38. The second-order valence-electron chi connectivity index (χ2n) is 10.1. The Morgan fingerprint density at radius 3 is 1.52 bits per heavy atom. The molecule has 0 N–H and O–H groups in total. The molecule has 1 aromatic heterocycles. The van der Waals surface area contributed by atoms with E-state index >= 15 is 0 Å². The number of hydrogen-bond donors (Lipinski definition) is 0. The van der Waals surface area contributed by atoms with Crippen molar-refractivity contribution in [1.29, 1.82) is 0 Å². The van der Waals surface area contributed by atoms with Crippen LogP contribution in [0.25, 0.3) is 10.8 Å². The normalized spacial score (nSPS) is 13.6. The Morgan fingerprint density at radius 1 is 0.552 bits per heavy atom. The van der Waals surface area contributed by atoms with Crippen molar-refractivity contribution < 1.29 is 0 Å². The van der Waals surface area contributed by atoms with Crippen LogP contribution in [0.15, 0.2) is 0 Å². The van der Waals surface area contributed by atoms with E-state index in [9.17, 15) is 0 Å². The SMILES string of the molecule is Cc1nc(C(C)(C)C)nc2c1Cc1c(c(C)c3c(C)c(C)c(C)c(C)c3c1C)C2. The highest BCUT2D eigenvalue weighted by Crippen LogP contribution is 2.41. The third kappa shape index (κ3) is 2.83. The lowest BCUT2D eigenvalue weighted by atomic mass is 9.77. The average molecular weight is 387 g/mol. The zero-order valence-electron chi connectivity index (χ0n) is 19.8. The molecule has 0 spiro atoms. The zero-order chi connectivity index (χ0) is 21.4. The Labute approximate surface area is 175 Å². The molecule has 0 aliphatic heterocycles. The van der Waals surface area contributed by atoms with E-state index in [0.717, 1.165) is 24.4 Å². The van der Waals surface area contributed by atoms with Crippen LogP contribution in [0.2, 0.25) is 0 Å². The number of nitrogens with zero attached hydrogens (tertiary/aromatic N) is 2. The summed E-state index contributed by atoms with van der Waals surface area (Å²) in [5, 5.41) is 2.93. The molecule has 2 nitrogen and oxygen atoms in total. The van der Waals surface area contributed by atoms with Gasteiger partial charge in [-0.15, -0.1) is 0 Å². The molecule has 29 heavy (non-hydrogen) atoms. The molecule has 4 rings (SSSR count). The van der Waals surface area contributed by atoms with E-state index in [4.69, 9.17) is 9.97 Å². The number of fused-ring (bicyclic) bond motifs is 3. The van der Waals surface area contributed by atoms with Gasteiger partial charge in [0.2, 0.25) is 0 Å². The minimum absolute atomic E-state index is 0.0310. The van der Waals surface area contributed by atoms with E-state index in [-0.39, 0.29) is 5.41 Å². The van der Waals surface area contributed by atoms with E-state index in [1.54, 1.807) is 0 Å². The van der Waals surface area contributed by atoms with E-state index in [2.05, 4.69) is 69.2 Å². The molecule has 1 aliphatic rings. The second-order valence-corrected chi connectivity index (χ2v) is 10.1. The Morgan fingerprint density at radius 2 is 1.03 bits per heavy atom. The Balaban J connectivity index is 2.04. The molecule has 0 bridgehead atoms. The van der Waals surface area contributed by atoms with Crippen molar-refractivity contribution in [1.82, 2.24) is 9.97 Å². The number of aryl methyl sites for hydroxylation is 5. The van der Waals surface area contributed by atoms with E-state index < -0.39 is 0 Å². The summed E-state index contributed by atoms with van der Waals surface area (Å²) in [4.78, 5) is 9.95. The molecule has 3 aromatic rings. The zero-order valence-corrected chi connectivity index (χ0v) is 19.8. The second kappa shape index (κ2) is 6.39. The lowest BCUT2D eigenvalue weighted by Crippen LogP contribution is -2.22. The molecule has 0 fully saturated rings. The third-order valence-corrected chi connectivity index (χ3v) is 7.38. The van der Waals surface area contributed by atoms with Crippen LogP contribution in [0.4, 0.5) is 0 Å². The van der Waals surface area contributed by atoms with Crippen LogP contribution in [-0.4, -0.2) is 9.97 Å². The van der Waals surface area contributed by atoms with Gasteiger partial charge in [-0.25, -0.2) is 9.97 Å². The van der Waals surface area contributed by atoms with E-state index in [1.807, 2.05) is 0 Å². The van der Waals surface area contributed by atoms with Crippen LogP contribution in [0.1, 0.15) is 88.1 Å². The molecule has 0 unspecified atom stereocenters. The van der Waals surface area contributed by atoms with Gasteiger partial charge in [-0.3, -0.25) is 0 Å². The quantitative estimate of drug-likeness (QED) is 0.341. The summed E-state index contributed by atoms with van der Waals surface area (Å²) in [5.74, 6) is 0.964. The fourth-order valence-electron chi connectivity index (χ4n) is 5.19.